The first-order chi connectivity index (χ1) is 9.16. The van der Waals surface area contributed by atoms with E-state index >= 15 is 0 Å². The third-order valence-electron chi connectivity index (χ3n) is 2.89. The highest BCUT2D eigenvalue weighted by atomic mass is 32.1. The smallest absolute Gasteiger partial charge is 0.273 e. The molecule has 1 aromatic carbocycles. The van der Waals surface area contributed by atoms with E-state index in [4.69, 9.17) is 5.73 Å². The van der Waals surface area contributed by atoms with E-state index in [0.717, 1.165) is 12.8 Å². The molecule has 0 unspecified atom stereocenters. The van der Waals surface area contributed by atoms with Gasteiger partial charge in [-0.15, -0.1) is 11.3 Å². The number of aromatic nitrogens is 1. The maximum atomic E-state index is 12.0. The lowest BCUT2D eigenvalue weighted by Gasteiger charge is -2.15. The summed E-state index contributed by atoms with van der Waals surface area (Å²) in [4.78, 5) is 17.7. The van der Waals surface area contributed by atoms with Crippen LogP contribution in [0.2, 0.25) is 0 Å². The number of aryl methyl sites for hydroxylation is 1. The fraction of sp³-hybridized carbons (Fsp3) is 0.286. The summed E-state index contributed by atoms with van der Waals surface area (Å²) in [5, 5.41) is 2.13. The molecule has 1 aromatic heterocycles. The molecule has 0 radical (unpaired) electrons. The zero-order chi connectivity index (χ0) is 13.7. The van der Waals surface area contributed by atoms with Gasteiger partial charge in [-0.25, -0.2) is 4.98 Å². The lowest BCUT2D eigenvalue weighted by Crippen LogP contribution is -2.28. The largest absolute Gasteiger partial charge is 0.375 e. The summed E-state index contributed by atoms with van der Waals surface area (Å²) >= 11 is 1.29. The number of nitrogen functional groups attached to an aromatic ring is 1. The number of amides is 1. The highest BCUT2D eigenvalue weighted by Gasteiger charge is 2.14. The normalized spacial score (nSPS) is 10.4. The van der Waals surface area contributed by atoms with Gasteiger partial charge in [0.1, 0.15) is 5.69 Å². The van der Waals surface area contributed by atoms with Gasteiger partial charge in [0.05, 0.1) is 0 Å². The van der Waals surface area contributed by atoms with Gasteiger partial charge in [0.15, 0.2) is 5.13 Å². The minimum absolute atomic E-state index is 0.0685. The molecule has 1 heterocycles. The van der Waals surface area contributed by atoms with Crippen molar-refractivity contribution < 1.29 is 4.79 Å². The van der Waals surface area contributed by atoms with Crippen molar-refractivity contribution in [2.45, 2.75) is 12.8 Å². The number of nitrogens with zero attached hydrogens (tertiary/aromatic N) is 2. The number of nitrogens with two attached hydrogens (primary N) is 1. The standard InChI is InChI=1S/C14H17N3OS/c1-17(13(18)12-10-19-14(15)16-12)9-5-8-11-6-3-2-4-7-11/h2-4,6-7,10H,5,8-9H2,1H3,(H2,15,16). The second kappa shape index (κ2) is 6.33. The van der Waals surface area contributed by atoms with Crippen molar-refractivity contribution in [1.29, 1.82) is 0 Å². The Balaban J connectivity index is 1.81. The Hall–Kier alpha value is -1.88. The first-order valence-electron chi connectivity index (χ1n) is 6.17. The Morgan fingerprint density at radius 1 is 1.37 bits per heavy atom. The van der Waals surface area contributed by atoms with Crippen molar-refractivity contribution in [3.8, 4) is 0 Å². The highest BCUT2D eigenvalue weighted by Crippen LogP contribution is 2.13. The Morgan fingerprint density at radius 2 is 2.11 bits per heavy atom. The number of carbonyl (C=O) groups is 1. The van der Waals surface area contributed by atoms with Crippen molar-refractivity contribution in [2.75, 3.05) is 19.3 Å². The van der Waals surface area contributed by atoms with Crippen LogP contribution >= 0.6 is 11.3 Å². The molecule has 2 N–H and O–H groups in total. The third-order valence-corrected chi connectivity index (χ3v) is 3.56. The van der Waals surface area contributed by atoms with E-state index in [1.165, 1.54) is 16.9 Å². The zero-order valence-electron chi connectivity index (χ0n) is 10.9. The van der Waals surface area contributed by atoms with Crippen LogP contribution in [0.5, 0.6) is 0 Å². The summed E-state index contributed by atoms with van der Waals surface area (Å²) in [6.07, 6.45) is 1.91. The SMILES string of the molecule is CN(CCCc1ccccc1)C(=O)c1csc(N)n1. The third kappa shape index (κ3) is 3.79. The first kappa shape index (κ1) is 13.5. The molecule has 0 saturated carbocycles. The van der Waals surface area contributed by atoms with Crippen molar-refractivity contribution in [1.82, 2.24) is 9.88 Å². The number of hydrogen-bond donors (Lipinski definition) is 1. The molecule has 0 aliphatic heterocycles. The summed E-state index contributed by atoms with van der Waals surface area (Å²) < 4.78 is 0. The maximum Gasteiger partial charge on any atom is 0.273 e. The summed E-state index contributed by atoms with van der Waals surface area (Å²) in [5.41, 5.74) is 7.26. The fourth-order valence-electron chi connectivity index (χ4n) is 1.85. The minimum Gasteiger partial charge on any atom is -0.375 e. The molecule has 0 fully saturated rings. The number of rotatable bonds is 5. The van der Waals surface area contributed by atoms with Crippen LogP contribution in [0.1, 0.15) is 22.5 Å². The fourth-order valence-corrected chi connectivity index (χ4v) is 2.38. The van der Waals surface area contributed by atoms with Crippen LogP contribution in [0.15, 0.2) is 35.7 Å². The van der Waals surface area contributed by atoms with Gasteiger partial charge in [-0.2, -0.15) is 0 Å². The molecule has 0 saturated heterocycles. The second-order valence-corrected chi connectivity index (χ2v) is 5.28. The molecular weight excluding hydrogens is 258 g/mol. The van der Waals surface area contributed by atoms with Gasteiger partial charge in [-0.1, -0.05) is 30.3 Å². The first-order valence-corrected chi connectivity index (χ1v) is 7.05. The lowest BCUT2D eigenvalue weighted by molar-refractivity contribution is 0.0788. The van der Waals surface area contributed by atoms with Gasteiger partial charge >= 0.3 is 0 Å². The molecule has 1 amide bonds. The molecule has 4 nitrogen and oxygen atoms in total. The van der Waals surface area contributed by atoms with Crippen LogP contribution in [0, 0.1) is 0 Å². The maximum absolute atomic E-state index is 12.0. The molecule has 19 heavy (non-hydrogen) atoms. The number of hydrogen-bond acceptors (Lipinski definition) is 4. The molecule has 2 aromatic rings. The van der Waals surface area contributed by atoms with Crippen LogP contribution in [0.3, 0.4) is 0 Å². The molecule has 0 atom stereocenters. The van der Waals surface area contributed by atoms with E-state index < -0.39 is 0 Å². The predicted octanol–water partition coefficient (Wildman–Crippen LogP) is 2.43. The van der Waals surface area contributed by atoms with Crippen molar-refractivity contribution in [3.05, 3.63) is 47.0 Å². The summed E-state index contributed by atoms with van der Waals surface area (Å²) in [6.45, 7) is 0.713. The molecular formula is C14H17N3OS. The van der Waals surface area contributed by atoms with Crippen molar-refractivity contribution in [3.63, 3.8) is 0 Å². The molecule has 2 rings (SSSR count). The van der Waals surface area contributed by atoms with Crippen molar-refractivity contribution in [2.24, 2.45) is 0 Å². The topological polar surface area (TPSA) is 59.2 Å². The minimum atomic E-state index is -0.0685. The molecule has 0 spiro atoms. The van der Waals surface area contributed by atoms with Crippen LogP contribution in [-0.4, -0.2) is 29.4 Å². The van der Waals surface area contributed by atoms with Gasteiger partial charge in [0.25, 0.3) is 5.91 Å². The monoisotopic (exact) mass is 275 g/mol. The summed E-state index contributed by atoms with van der Waals surface area (Å²) in [6, 6.07) is 10.3. The molecule has 100 valence electrons. The summed E-state index contributed by atoms with van der Waals surface area (Å²) in [5.74, 6) is -0.0685. The quantitative estimate of drug-likeness (QED) is 0.911. The van der Waals surface area contributed by atoms with Gasteiger partial charge < -0.3 is 10.6 Å². The van der Waals surface area contributed by atoms with Crippen LogP contribution in [0.4, 0.5) is 5.13 Å². The Labute approximate surface area is 116 Å². The van der Waals surface area contributed by atoms with Gasteiger partial charge in [0, 0.05) is 19.0 Å². The average molecular weight is 275 g/mol. The predicted molar refractivity (Wildman–Crippen MR) is 78.2 cm³/mol. The van der Waals surface area contributed by atoms with E-state index in [0.29, 0.717) is 17.4 Å². The number of carbonyl (C=O) groups excluding carboxylic acids is 1. The number of thiazole rings is 1. The van der Waals surface area contributed by atoms with Gasteiger partial charge in [0.2, 0.25) is 0 Å². The number of benzene rings is 1. The number of anilines is 1. The van der Waals surface area contributed by atoms with Gasteiger partial charge in [-0.3, -0.25) is 4.79 Å². The molecule has 0 bridgehead atoms. The molecule has 0 aliphatic carbocycles. The second-order valence-electron chi connectivity index (χ2n) is 4.39. The van der Waals surface area contributed by atoms with E-state index in [9.17, 15) is 4.79 Å². The lowest BCUT2D eigenvalue weighted by atomic mass is 10.1. The Morgan fingerprint density at radius 3 is 2.74 bits per heavy atom. The van der Waals surface area contributed by atoms with Gasteiger partial charge in [-0.05, 0) is 18.4 Å². The van der Waals surface area contributed by atoms with E-state index in [1.54, 1.807) is 17.3 Å². The van der Waals surface area contributed by atoms with Crippen LogP contribution < -0.4 is 5.73 Å². The Bertz CT molecular complexity index is 539. The van der Waals surface area contributed by atoms with E-state index in [-0.39, 0.29) is 5.91 Å². The zero-order valence-corrected chi connectivity index (χ0v) is 11.7. The highest BCUT2D eigenvalue weighted by molar-refractivity contribution is 7.13. The Kier molecular flexibility index (Phi) is 4.52. The van der Waals surface area contributed by atoms with E-state index in [2.05, 4.69) is 17.1 Å². The van der Waals surface area contributed by atoms with Crippen LogP contribution in [0.25, 0.3) is 0 Å². The summed E-state index contributed by atoms with van der Waals surface area (Å²) in [7, 11) is 1.79. The van der Waals surface area contributed by atoms with Crippen molar-refractivity contribution >= 4 is 22.4 Å². The average Bonchev–Trinajstić information content (AvgIpc) is 2.85. The molecule has 0 aliphatic rings. The van der Waals surface area contributed by atoms with Crippen LogP contribution in [-0.2, 0) is 6.42 Å². The van der Waals surface area contributed by atoms with E-state index in [1.807, 2.05) is 18.2 Å². The molecule has 5 heteroatoms.